The van der Waals surface area contributed by atoms with E-state index in [2.05, 4.69) is 0 Å². The van der Waals surface area contributed by atoms with Crippen molar-refractivity contribution in [1.29, 1.82) is 0 Å². The smallest absolute Gasteiger partial charge is 0.325 e. The molecule has 4 nitrogen and oxygen atoms in total. The van der Waals surface area contributed by atoms with E-state index in [-0.39, 0.29) is 0 Å². The van der Waals surface area contributed by atoms with Crippen LogP contribution < -0.4 is 5.32 Å². The highest BCUT2D eigenvalue weighted by Gasteiger charge is 2.28. The Morgan fingerprint density at radius 2 is 1.79 bits per heavy atom. The van der Waals surface area contributed by atoms with Gasteiger partial charge in [0.15, 0.2) is 0 Å². The number of para-hydroxylation sites is 1. The molecule has 1 N–H and O–H groups in total. The van der Waals surface area contributed by atoms with Gasteiger partial charge in [0.1, 0.15) is 4.90 Å². The van der Waals surface area contributed by atoms with E-state index in [4.69, 9.17) is 0 Å². The highest BCUT2D eigenvalue weighted by Crippen LogP contribution is 2.24. The van der Waals surface area contributed by atoms with E-state index in [0.29, 0.717) is 0 Å². The van der Waals surface area contributed by atoms with Gasteiger partial charge in [-0.25, -0.2) is 0 Å². The van der Waals surface area contributed by atoms with Crippen LogP contribution in [0.5, 0.6) is 0 Å². The molecule has 106 valence electrons. The van der Waals surface area contributed by atoms with Crippen molar-refractivity contribution in [2.24, 2.45) is 0 Å². The van der Waals surface area contributed by atoms with E-state index in [1.165, 1.54) is 12.1 Å². The molecule has 1 rings (SSSR count). The Bertz CT molecular complexity index is 568. The minimum atomic E-state index is -5.06. The maximum absolute atomic E-state index is 12.8. The lowest BCUT2D eigenvalue weighted by Crippen LogP contribution is -2.17. The van der Waals surface area contributed by atoms with Gasteiger partial charge in [0.25, 0.3) is 0 Å². The third kappa shape index (κ3) is 5.25. The van der Waals surface area contributed by atoms with Gasteiger partial charge >= 0.3 is 16.4 Å². The summed E-state index contributed by atoms with van der Waals surface area (Å²) in [7, 11) is -5.06. The third-order valence-corrected chi connectivity index (χ3v) is 2.94. The number of carbonyl (C=O) groups is 1. The minimum absolute atomic E-state index is 0.392. The summed E-state index contributed by atoms with van der Waals surface area (Å²) in [5.41, 5.74) is -0.392. The van der Waals surface area contributed by atoms with Crippen molar-refractivity contribution in [3.63, 3.8) is 0 Å². The van der Waals surface area contributed by atoms with Crippen molar-refractivity contribution in [2.75, 3.05) is 5.32 Å². The lowest BCUT2D eigenvalue weighted by atomic mass is 10.2. The Morgan fingerprint density at radius 1 is 1.21 bits per heavy atom. The molecule has 1 aromatic carbocycles. The number of halogens is 4. The molecule has 0 aromatic heterocycles. The second-order valence-corrected chi connectivity index (χ2v) is 4.91. The zero-order valence-electron chi connectivity index (χ0n) is 9.37. The van der Waals surface area contributed by atoms with Crippen molar-refractivity contribution in [3.8, 4) is 0 Å². The van der Waals surface area contributed by atoms with Crippen LogP contribution in [0.1, 0.15) is 12.8 Å². The summed E-state index contributed by atoms with van der Waals surface area (Å²) in [5, 5.41) is 1.93. The van der Waals surface area contributed by atoms with Crippen LogP contribution >= 0.6 is 0 Å². The zero-order valence-corrected chi connectivity index (χ0v) is 10.2. The van der Waals surface area contributed by atoms with Gasteiger partial charge in [-0.3, -0.25) is 4.79 Å². The quantitative estimate of drug-likeness (QED) is 0.686. The zero-order chi connectivity index (χ0) is 14.7. The molecule has 0 aliphatic carbocycles. The molecule has 0 fully saturated rings. The molecule has 0 saturated heterocycles. The second kappa shape index (κ2) is 5.55. The van der Waals surface area contributed by atoms with E-state index in [1.54, 1.807) is 0 Å². The third-order valence-electron chi connectivity index (χ3n) is 2.06. The summed E-state index contributed by atoms with van der Waals surface area (Å²) < 4.78 is 70.0. The molecule has 0 saturated carbocycles. The number of amides is 1. The first-order chi connectivity index (χ1) is 8.59. The molecular formula is C10H9F4NO3S. The molecule has 0 unspecified atom stereocenters. The van der Waals surface area contributed by atoms with Crippen molar-refractivity contribution in [1.82, 2.24) is 0 Å². The van der Waals surface area contributed by atoms with Gasteiger partial charge in [-0.05, 0) is 12.1 Å². The van der Waals surface area contributed by atoms with Gasteiger partial charge in [-0.2, -0.15) is 21.6 Å². The van der Waals surface area contributed by atoms with Gasteiger partial charge < -0.3 is 5.32 Å². The van der Waals surface area contributed by atoms with E-state index in [9.17, 15) is 30.3 Å². The number of alkyl halides is 3. The van der Waals surface area contributed by atoms with Gasteiger partial charge in [0.2, 0.25) is 5.91 Å². The molecule has 1 amide bonds. The van der Waals surface area contributed by atoms with Crippen LogP contribution in [-0.2, 0) is 15.0 Å². The first-order valence-corrected chi connectivity index (χ1v) is 6.38. The van der Waals surface area contributed by atoms with Crippen LogP contribution in [0.15, 0.2) is 29.2 Å². The number of hydrogen-bond donors (Lipinski definition) is 1. The first-order valence-electron chi connectivity index (χ1n) is 5.00. The molecule has 0 spiro atoms. The van der Waals surface area contributed by atoms with Crippen LogP contribution in [0.2, 0.25) is 0 Å². The number of anilines is 1. The van der Waals surface area contributed by atoms with Gasteiger partial charge in [0.05, 0.1) is 12.1 Å². The number of nitrogens with one attached hydrogen (secondary N) is 1. The van der Waals surface area contributed by atoms with E-state index in [1.807, 2.05) is 5.32 Å². The van der Waals surface area contributed by atoms with Crippen LogP contribution in [0.3, 0.4) is 0 Å². The first kappa shape index (κ1) is 15.4. The largest absolute Gasteiger partial charge is 0.389 e. The van der Waals surface area contributed by atoms with Crippen LogP contribution in [-0.4, -0.2) is 20.5 Å². The van der Waals surface area contributed by atoms with Crippen molar-refractivity contribution >= 4 is 21.8 Å². The fourth-order valence-electron chi connectivity index (χ4n) is 1.25. The highest BCUT2D eigenvalue weighted by molar-refractivity contribution is 7.86. The van der Waals surface area contributed by atoms with Crippen LogP contribution in [0, 0.1) is 0 Å². The average molecular weight is 299 g/mol. The maximum Gasteiger partial charge on any atom is 0.389 e. The average Bonchev–Trinajstić information content (AvgIpc) is 2.25. The van der Waals surface area contributed by atoms with Gasteiger partial charge in [0, 0.05) is 6.42 Å². The Morgan fingerprint density at radius 3 is 2.32 bits per heavy atom. The predicted molar refractivity (Wildman–Crippen MR) is 58.7 cm³/mol. The number of carbonyl (C=O) groups excluding carboxylic acids is 1. The molecule has 0 aliphatic rings. The van der Waals surface area contributed by atoms with Gasteiger partial charge in [-0.15, -0.1) is 3.89 Å². The molecule has 0 bridgehead atoms. The van der Waals surface area contributed by atoms with E-state index < -0.39 is 45.7 Å². The van der Waals surface area contributed by atoms with Crippen LogP contribution in [0.4, 0.5) is 22.7 Å². The summed E-state index contributed by atoms with van der Waals surface area (Å²) >= 11 is 0. The Labute approximate surface area is 106 Å². The summed E-state index contributed by atoms with van der Waals surface area (Å²) in [6.07, 6.45) is -6.71. The fraction of sp³-hybridized carbons (Fsp3) is 0.300. The molecule has 0 atom stereocenters. The predicted octanol–water partition coefficient (Wildman–Crippen LogP) is 2.63. The lowest BCUT2D eigenvalue weighted by Gasteiger charge is -2.09. The Hall–Kier alpha value is -1.64. The molecular weight excluding hydrogens is 290 g/mol. The molecule has 1 aromatic rings. The second-order valence-electron chi connectivity index (χ2n) is 3.60. The molecule has 0 aliphatic heterocycles. The topological polar surface area (TPSA) is 63.2 Å². The lowest BCUT2D eigenvalue weighted by molar-refractivity contribution is -0.142. The highest BCUT2D eigenvalue weighted by atomic mass is 32.3. The summed E-state index contributed by atoms with van der Waals surface area (Å²) in [5.74, 6) is -1.05. The van der Waals surface area contributed by atoms with Gasteiger partial charge in [-0.1, -0.05) is 12.1 Å². The van der Waals surface area contributed by atoms with E-state index in [0.717, 1.165) is 12.1 Å². The summed E-state index contributed by atoms with van der Waals surface area (Å²) in [6.45, 7) is 0. The minimum Gasteiger partial charge on any atom is -0.325 e. The Balaban J connectivity index is 2.81. The molecule has 19 heavy (non-hydrogen) atoms. The number of rotatable bonds is 4. The van der Waals surface area contributed by atoms with Crippen molar-refractivity contribution in [3.05, 3.63) is 24.3 Å². The van der Waals surface area contributed by atoms with Crippen molar-refractivity contribution in [2.45, 2.75) is 23.9 Å². The summed E-state index contributed by atoms with van der Waals surface area (Å²) in [6, 6.07) is 4.51. The molecule has 0 heterocycles. The molecule has 9 heteroatoms. The van der Waals surface area contributed by atoms with E-state index >= 15 is 0 Å². The summed E-state index contributed by atoms with van der Waals surface area (Å²) in [4.78, 5) is 10.4. The molecule has 0 radical (unpaired) electrons. The fourth-order valence-corrected chi connectivity index (χ4v) is 1.87. The maximum atomic E-state index is 12.8. The number of benzene rings is 1. The van der Waals surface area contributed by atoms with Crippen molar-refractivity contribution < 1.29 is 30.3 Å². The standard InChI is InChI=1S/C10H9F4NO3S/c11-10(12,13)6-5-9(16)15-7-3-1-2-4-8(7)19(14,17)18/h1-4H,5-6H2,(H,15,16). The van der Waals surface area contributed by atoms with Crippen LogP contribution in [0.25, 0.3) is 0 Å². The Kier molecular flexibility index (Phi) is 4.51. The SMILES string of the molecule is O=C(CCC(F)(F)F)Nc1ccccc1S(=O)(=O)F. The monoisotopic (exact) mass is 299 g/mol. The normalized spacial score (nSPS) is 12.2. The number of hydrogen-bond acceptors (Lipinski definition) is 3.